The van der Waals surface area contributed by atoms with E-state index in [-0.39, 0.29) is 0 Å². The van der Waals surface area contributed by atoms with E-state index < -0.39 is 5.60 Å². The first-order chi connectivity index (χ1) is 6.78. The van der Waals surface area contributed by atoms with Crippen LogP contribution in [0.5, 0.6) is 0 Å². The van der Waals surface area contributed by atoms with Gasteiger partial charge in [-0.1, -0.05) is 24.3 Å². The molecule has 1 saturated heterocycles. The quantitative estimate of drug-likeness (QED) is 0.683. The van der Waals surface area contributed by atoms with Gasteiger partial charge in [-0.25, -0.2) is 0 Å². The molecule has 1 aromatic rings. The minimum atomic E-state index is -0.432. The van der Waals surface area contributed by atoms with Crippen LogP contribution >= 0.6 is 0 Å². The summed E-state index contributed by atoms with van der Waals surface area (Å²) in [5, 5.41) is 13.4. The van der Waals surface area contributed by atoms with E-state index >= 15 is 0 Å². The molecule has 0 unspecified atom stereocenters. The molecule has 2 aliphatic rings. The van der Waals surface area contributed by atoms with Crippen molar-refractivity contribution < 1.29 is 5.11 Å². The molecule has 74 valence electrons. The summed E-state index contributed by atoms with van der Waals surface area (Å²) in [5.41, 5.74) is 2.43. The molecule has 0 spiro atoms. The highest BCUT2D eigenvalue weighted by Gasteiger charge is 2.44. The van der Waals surface area contributed by atoms with Crippen LogP contribution in [0.3, 0.4) is 0 Å². The van der Waals surface area contributed by atoms with Crippen molar-refractivity contribution in [3.8, 4) is 0 Å². The summed E-state index contributed by atoms with van der Waals surface area (Å²) in [6, 6.07) is 8.55. The highest BCUT2D eigenvalue weighted by molar-refractivity contribution is 5.33. The molecule has 1 fully saturated rings. The maximum atomic E-state index is 10.2. The molecule has 1 aromatic carbocycles. The zero-order chi connectivity index (χ0) is 9.60. The fraction of sp³-hybridized carbons (Fsp3) is 0.500. The topological polar surface area (TPSA) is 32.3 Å². The summed E-state index contributed by atoms with van der Waals surface area (Å²) < 4.78 is 0. The minimum absolute atomic E-state index is 0.432. The number of hydrogen-bond acceptors (Lipinski definition) is 2. The van der Waals surface area contributed by atoms with Crippen molar-refractivity contribution in [3.63, 3.8) is 0 Å². The van der Waals surface area contributed by atoms with Crippen LogP contribution in [0.15, 0.2) is 24.3 Å². The van der Waals surface area contributed by atoms with Crippen LogP contribution in [0.1, 0.15) is 11.1 Å². The number of β-amino-alcohol motifs (C(OH)–C–C–N with tert-alkyl or cyclic N) is 1. The molecule has 0 saturated carbocycles. The fourth-order valence-corrected chi connectivity index (χ4v) is 2.61. The van der Waals surface area contributed by atoms with Crippen molar-refractivity contribution >= 4 is 0 Å². The van der Waals surface area contributed by atoms with Gasteiger partial charge >= 0.3 is 0 Å². The van der Waals surface area contributed by atoms with Crippen LogP contribution in [-0.2, 0) is 12.8 Å². The Morgan fingerprint density at radius 3 is 2.14 bits per heavy atom. The van der Waals surface area contributed by atoms with Crippen LogP contribution in [0.2, 0.25) is 0 Å². The number of hydrogen-bond donors (Lipinski definition) is 2. The van der Waals surface area contributed by atoms with E-state index in [1.54, 1.807) is 0 Å². The normalized spacial score (nSPS) is 24.4. The second-order valence-corrected chi connectivity index (χ2v) is 4.58. The molecular weight excluding hydrogens is 174 g/mol. The first kappa shape index (κ1) is 8.45. The molecule has 2 nitrogen and oxygen atoms in total. The summed E-state index contributed by atoms with van der Waals surface area (Å²) in [6.45, 7) is 1.54. The lowest BCUT2D eigenvalue weighted by Gasteiger charge is -2.42. The fourth-order valence-electron chi connectivity index (χ4n) is 2.61. The summed E-state index contributed by atoms with van der Waals surface area (Å²) in [5.74, 6) is 0.432. The third-order valence-electron chi connectivity index (χ3n) is 3.67. The van der Waals surface area contributed by atoms with E-state index in [1.165, 1.54) is 11.1 Å². The first-order valence-corrected chi connectivity index (χ1v) is 5.28. The smallest absolute Gasteiger partial charge is 0.0929 e. The monoisotopic (exact) mass is 189 g/mol. The van der Waals surface area contributed by atoms with Crippen LogP contribution in [-0.4, -0.2) is 23.8 Å². The molecule has 14 heavy (non-hydrogen) atoms. The van der Waals surface area contributed by atoms with Gasteiger partial charge < -0.3 is 10.4 Å². The molecule has 0 radical (unpaired) electrons. The Balaban J connectivity index is 1.84. The van der Waals surface area contributed by atoms with Crippen molar-refractivity contribution in [1.29, 1.82) is 0 Å². The van der Waals surface area contributed by atoms with E-state index in [2.05, 4.69) is 29.6 Å². The Kier molecular flexibility index (Phi) is 1.70. The van der Waals surface area contributed by atoms with E-state index in [0.29, 0.717) is 5.92 Å². The summed E-state index contributed by atoms with van der Waals surface area (Å²) in [6.07, 6.45) is 2.10. The maximum absolute atomic E-state index is 10.2. The zero-order valence-electron chi connectivity index (χ0n) is 8.16. The van der Waals surface area contributed by atoms with Crippen LogP contribution in [0, 0.1) is 5.92 Å². The summed E-state index contributed by atoms with van der Waals surface area (Å²) >= 11 is 0. The molecule has 0 bridgehead atoms. The summed E-state index contributed by atoms with van der Waals surface area (Å²) in [7, 11) is 0. The van der Waals surface area contributed by atoms with Crippen LogP contribution in [0.4, 0.5) is 0 Å². The number of fused-ring (bicyclic) bond motifs is 1. The SMILES string of the molecule is OC1(C2Cc3ccccc3C2)CNC1. The lowest BCUT2D eigenvalue weighted by atomic mass is 9.80. The van der Waals surface area contributed by atoms with Gasteiger partial charge in [0.1, 0.15) is 0 Å². The lowest BCUT2D eigenvalue weighted by Crippen LogP contribution is -2.63. The zero-order valence-corrected chi connectivity index (χ0v) is 8.16. The summed E-state index contributed by atoms with van der Waals surface area (Å²) in [4.78, 5) is 0. The Hall–Kier alpha value is -0.860. The predicted octanol–water partition coefficient (Wildman–Crippen LogP) is 0.736. The Morgan fingerprint density at radius 1 is 1.14 bits per heavy atom. The second kappa shape index (κ2) is 2.81. The molecular formula is C12H15NO. The number of nitrogens with one attached hydrogen (secondary N) is 1. The van der Waals surface area contributed by atoms with Gasteiger partial charge in [0, 0.05) is 13.1 Å². The molecule has 2 heteroatoms. The molecule has 1 aliphatic carbocycles. The molecule has 2 N–H and O–H groups in total. The van der Waals surface area contributed by atoms with Crippen LogP contribution in [0.25, 0.3) is 0 Å². The first-order valence-electron chi connectivity index (χ1n) is 5.28. The number of rotatable bonds is 1. The van der Waals surface area contributed by atoms with E-state index in [0.717, 1.165) is 25.9 Å². The number of aliphatic hydroxyl groups is 1. The molecule has 0 aromatic heterocycles. The van der Waals surface area contributed by atoms with E-state index in [1.807, 2.05) is 0 Å². The van der Waals surface area contributed by atoms with Crippen molar-refractivity contribution in [2.45, 2.75) is 18.4 Å². The van der Waals surface area contributed by atoms with Gasteiger partial charge in [-0.2, -0.15) is 0 Å². The van der Waals surface area contributed by atoms with Gasteiger partial charge in [-0.15, -0.1) is 0 Å². The highest BCUT2D eigenvalue weighted by Crippen LogP contribution is 2.35. The molecule has 0 amide bonds. The van der Waals surface area contributed by atoms with Gasteiger partial charge in [-0.3, -0.25) is 0 Å². The third-order valence-corrected chi connectivity index (χ3v) is 3.67. The predicted molar refractivity (Wildman–Crippen MR) is 55.2 cm³/mol. The molecule has 1 aliphatic heterocycles. The second-order valence-electron chi connectivity index (χ2n) is 4.58. The lowest BCUT2D eigenvalue weighted by molar-refractivity contribution is -0.0583. The average molecular weight is 189 g/mol. The van der Waals surface area contributed by atoms with Gasteiger partial charge in [0.05, 0.1) is 5.60 Å². The van der Waals surface area contributed by atoms with E-state index in [9.17, 15) is 5.11 Å². The largest absolute Gasteiger partial charge is 0.387 e. The maximum Gasteiger partial charge on any atom is 0.0929 e. The van der Waals surface area contributed by atoms with E-state index in [4.69, 9.17) is 0 Å². The van der Waals surface area contributed by atoms with Gasteiger partial charge in [0.25, 0.3) is 0 Å². The average Bonchev–Trinajstić information content (AvgIpc) is 2.57. The van der Waals surface area contributed by atoms with Gasteiger partial charge in [0.2, 0.25) is 0 Å². The standard InChI is InChI=1S/C12H15NO/c14-12(7-13-8-12)11-5-9-3-1-2-4-10(9)6-11/h1-4,11,13-14H,5-8H2. The Bertz CT molecular complexity index is 332. The Morgan fingerprint density at radius 2 is 1.71 bits per heavy atom. The molecule has 1 heterocycles. The third kappa shape index (κ3) is 1.11. The number of benzene rings is 1. The molecule has 0 atom stereocenters. The van der Waals surface area contributed by atoms with Crippen molar-refractivity contribution in [2.75, 3.05) is 13.1 Å². The minimum Gasteiger partial charge on any atom is -0.387 e. The van der Waals surface area contributed by atoms with Crippen molar-refractivity contribution in [1.82, 2.24) is 5.32 Å². The van der Waals surface area contributed by atoms with Crippen LogP contribution < -0.4 is 5.32 Å². The van der Waals surface area contributed by atoms with Crippen molar-refractivity contribution in [2.24, 2.45) is 5.92 Å². The van der Waals surface area contributed by atoms with Crippen molar-refractivity contribution in [3.05, 3.63) is 35.4 Å². The Labute approximate surface area is 84.0 Å². The highest BCUT2D eigenvalue weighted by atomic mass is 16.3. The van der Waals surface area contributed by atoms with Gasteiger partial charge in [-0.05, 0) is 29.9 Å². The van der Waals surface area contributed by atoms with Gasteiger partial charge in [0.15, 0.2) is 0 Å². The molecule has 3 rings (SSSR count).